The first-order valence-electron chi connectivity index (χ1n) is 6.50. The van der Waals surface area contributed by atoms with Gasteiger partial charge < -0.3 is 10.1 Å². The summed E-state index contributed by atoms with van der Waals surface area (Å²) in [5, 5.41) is 3.49. The Bertz CT molecular complexity index is 682. The molecule has 1 aromatic carbocycles. The van der Waals surface area contributed by atoms with E-state index in [2.05, 4.69) is 21.6 Å². The number of aromatic nitrogens is 1. The van der Waals surface area contributed by atoms with Gasteiger partial charge in [0.1, 0.15) is 6.04 Å². The van der Waals surface area contributed by atoms with Crippen molar-refractivity contribution in [2.75, 3.05) is 7.11 Å². The Labute approximate surface area is 122 Å². The van der Waals surface area contributed by atoms with Crippen molar-refractivity contribution in [2.24, 2.45) is 0 Å². The van der Waals surface area contributed by atoms with Gasteiger partial charge in [-0.2, -0.15) is 0 Å². The molecule has 0 aliphatic rings. The van der Waals surface area contributed by atoms with E-state index in [0.29, 0.717) is 12.0 Å². The Hall–Kier alpha value is -2.69. The third-order valence-electron chi connectivity index (χ3n) is 3.05. The molecule has 1 atom stereocenters. The number of rotatable bonds is 5. The average Bonchev–Trinajstić information content (AvgIpc) is 2.53. The number of fused-ring (bicyclic) bond motifs is 1. The minimum atomic E-state index is -0.744. The number of carbonyl (C=O) groups excluding carboxylic acids is 2. The van der Waals surface area contributed by atoms with E-state index in [0.717, 1.165) is 10.9 Å². The second-order valence-electron chi connectivity index (χ2n) is 4.49. The molecule has 2 aromatic rings. The smallest absolute Gasteiger partial charge is 0.328 e. The lowest BCUT2D eigenvalue weighted by Crippen LogP contribution is -2.41. The predicted molar refractivity (Wildman–Crippen MR) is 79.8 cm³/mol. The van der Waals surface area contributed by atoms with Crippen LogP contribution in [0.3, 0.4) is 0 Å². The topological polar surface area (TPSA) is 68.3 Å². The van der Waals surface area contributed by atoms with E-state index in [1.54, 1.807) is 12.1 Å². The van der Waals surface area contributed by atoms with Crippen molar-refractivity contribution in [3.05, 3.63) is 54.7 Å². The highest BCUT2D eigenvalue weighted by Crippen LogP contribution is 2.13. The number of hydrogen-bond acceptors (Lipinski definition) is 4. The van der Waals surface area contributed by atoms with E-state index >= 15 is 0 Å². The zero-order valence-corrected chi connectivity index (χ0v) is 11.7. The lowest BCUT2D eigenvalue weighted by Gasteiger charge is -2.14. The predicted octanol–water partition coefficient (Wildman–Crippen LogP) is 2.08. The quantitative estimate of drug-likeness (QED) is 0.674. The summed E-state index contributed by atoms with van der Waals surface area (Å²) in [7, 11) is 1.28. The van der Waals surface area contributed by atoms with Crippen LogP contribution in [0.5, 0.6) is 0 Å². The lowest BCUT2D eigenvalue weighted by atomic mass is 10.1. The van der Waals surface area contributed by atoms with Crippen LogP contribution >= 0.6 is 0 Å². The number of esters is 1. The fourth-order valence-electron chi connectivity index (χ4n) is 1.96. The largest absolute Gasteiger partial charge is 0.467 e. The van der Waals surface area contributed by atoms with Gasteiger partial charge in [-0.3, -0.25) is 9.78 Å². The summed E-state index contributed by atoms with van der Waals surface area (Å²) in [5.74, 6) is -0.873. The fraction of sp³-hybridized carbons (Fsp3) is 0.188. The molecule has 5 heteroatoms. The van der Waals surface area contributed by atoms with Crippen LogP contribution in [0.1, 0.15) is 16.8 Å². The number of nitrogens with one attached hydrogen (secondary N) is 1. The average molecular weight is 284 g/mol. The van der Waals surface area contributed by atoms with Crippen molar-refractivity contribution >= 4 is 22.8 Å². The van der Waals surface area contributed by atoms with Gasteiger partial charge in [0.25, 0.3) is 5.91 Å². The van der Waals surface area contributed by atoms with E-state index < -0.39 is 12.0 Å². The fourth-order valence-corrected chi connectivity index (χ4v) is 1.96. The van der Waals surface area contributed by atoms with Crippen LogP contribution in [0.15, 0.2) is 49.2 Å². The third-order valence-corrected chi connectivity index (χ3v) is 3.05. The maximum atomic E-state index is 12.2. The molecule has 1 aromatic heterocycles. The van der Waals surface area contributed by atoms with Crippen LogP contribution < -0.4 is 5.32 Å². The maximum Gasteiger partial charge on any atom is 0.328 e. The van der Waals surface area contributed by atoms with E-state index in [1.807, 2.05) is 24.3 Å². The number of hydrogen-bond donors (Lipinski definition) is 1. The Morgan fingerprint density at radius 3 is 2.90 bits per heavy atom. The summed E-state index contributed by atoms with van der Waals surface area (Å²) in [6.45, 7) is 3.57. The van der Waals surface area contributed by atoms with Crippen molar-refractivity contribution in [1.29, 1.82) is 0 Å². The van der Waals surface area contributed by atoms with Crippen LogP contribution in [-0.4, -0.2) is 30.0 Å². The third kappa shape index (κ3) is 3.45. The lowest BCUT2D eigenvalue weighted by molar-refractivity contribution is -0.142. The molecular formula is C16H16N2O3. The molecule has 5 nitrogen and oxygen atoms in total. The van der Waals surface area contributed by atoms with Gasteiger partial charge in [-0.1, -0.05) is 24.3 Å². The molecule has 0 aliphatic carbocycles. The normalized spacial score (nSPS) is 11.7. The Kier molecular flexibility index (Phi) is 4.66. The van der Waals surface area contributed by atoms with Crippen molar-refractivity contribution in [1.82, 2.24) is 10.3 Å². The SMILES string of the molecule is C=CC[C@@H](NC(=O)c1cnc2ccccc2c1)C(=O)OC. The Morgan fingerprint density at radius 1 is 1.43 bits per heavy atom. The molecule has 0 saturated heterocycles. The molecular weight excluding hydrogens is 268 g/mol. The highest BCUT2D eigenvalue weighted by Gasteiger charge is 2.20. The van der Waals surface area contributed by atoms with Gasteiger partial charge in [0.15, 0.2) is 0 Å². The Balaban J connectivity index is 2.20. The standard InChI is InChI=1S/C16H16N2O3/c1-3-6-14(16(20)21-2)18-15(19)12-9-11-7-4-5-8-13(11)17-10-12/h3-5,7-10,14H,1,6H2,2H3,(H,18,19)/t14-/m1/s1. The molecule has 0 radical (unpaired) electrons. The van der Waals surface area contributed by atoms with E-state index in [-0.39, 0.29) is 5.91 Å². The molecule has 1 amide bonds. The number of pyridine rings is 1. The summed E-state index contributed by atoms with van der Waals surface area (Å²) < 4.78 is 4.65. The summed E-state index contributed by atoms with van der Waals surface area (Å²) in [5.41, 5.74) is 1.20. The number of benzene rings is 1. The summed E-state index contributed by atoms with van der Waals surface area (Å²) in [4.78, 5) is 28.0. The van der Waals surface area contributed by atoms with Crippen LogP contribution in [0.25, 0.3) is 10.9 Å². The number of nitrogens with zero attached hydrogens (tertiary/aromatic N) is 1. The van der Waals surface area contributed by atoms with Gasteiger partial charge >= 0.3 is 5.97 Å². The highest BCUT2D eigenvalue weighted by molar-refractivity contribution is 5.99. The first-order chi connectivity index (χ1) is 10.2. The van der Waals surface area contributed by atoms with Gasteiger partial charge in [-0.15, -0.1) is 6.58 Å². The van der Waals surface area contributed by atoms with Gasteiger partial charge in [0.2, 0.25) is 0 Å². The zero-order valence-electron chi connectivity index (χ0n) is 11.7. The first-order valence-corrected chi connectivity index (χ1v) is 6.50. The number of para-hydroxylation sites is 1. The van der Waals surface area contributed by atoms with Crippen molar-refractivity contribution < 1.29 is 14.3 Å². The van der Waals surface area contributed by atoms with Gasteiger partial charge in [-0.25, -0.2) is 4.79 Å². The second kappa shape index (κ2) is 6.65. The van der Waals surface area contributed by atoms with Crippen LogP contribution in [0.2, 0.25) is 0 Å². The molecule has 2 rings (SSSR count). The summed E-state index contributed by atoms with van der Waals surface area (Å²) in [6.07, 6.45) is 3.35. The minimum absolute atomic E-state index is 0.305. The van der Waals surface area contributed by atoms with E-state index in [4.69, 9.17) is 0 Å². The molecule has 0 spiro atoms. The molecule has 0 unspecified atom stereocenters. The van der Waals surface area contributed by atoms with Crippen LogP contribution in [-0.2, 0) is 9.53 Å². The second-order valence-corrected chi connectivity index (χ2v) is 4.49. The zero-order chi connectivity index (χ0) is 15.2. The van der Waals surface area contributed by atoms with Gasteiger partial charge in [0, 0.05) is 11.6 Å². The number of amides is 1. The summed E-state index contributed by atoms with van der Waals surface area (Å²) >= 11 is 0. The van der Waals surface area contributed by atoms with Gasteiger partial charge in [0.05, 0.1) is 18.2 Å². The molecule has 108 valence electrons. The monoisotopic (exact) mass is 284 g/mol. The molecule has 0 aliphatic heterocycles. The molecule has 0 saturated carbocycles. The highest BCUT2D eigenvalue weighted by atomic mass is 16.5. The first kappa shape index (κ1) is 14.7. The van der Waals surface area contributed by atoms with Crippen molar-refractivity contribution in [3.8, 4) is 0 Å². The Morgan fingerprint density at radius 2 is 2.19 bits per heavy atom. The van der Waals surface area contributed by atoms with Gasteiger partial charge in [-0.05, 0) is 18.6 Å². The molecule has 1 N–H and O–H groups in total. The number of methoxy groups -OCH3 is 1. The van der Waals surface area contributed by atoms with E-state index in [9.17, 15) is 9.59 Å². The molecule has 21 heavy (non-hydrogen) atoms. The van der Waals surface area contributed by atoms with Crippen molar-refractivity contribution in [2.45, 2.75) is 12.5 Å². The molecule has 1 heterocycles. The minimum Gasteiger partial charge on any atom is -0.467 e. The molecule has 0 fully saturated rings. The maximum absolute atomic E-state index is 12.2. The van der Waals surface area contributed by atoms with E-state index in [1.165, 1.54) is 13.3 Å². The number of carbonyl (C=O) groups is 2. The number of ether oxygens (including phenoxy) is 1. The van der Waals surface area contributed by atoms with Crippen LogP contribution in [0.4, 0.5) is 0 Å². The van der Waals surface area contributed by atoms with Crippen LogP contribution in [0, 0.1) is 0 Å². The summed E-state index contributed by atoms with van der Waals surface area (Å²) in [6, 6.07) is 8.49. The molecule has 0 bridgehead atoms. The van der Waals surface area contributed by atoms with Crippen molar-refractivity contribution in [3.63, 3.8) is 0 Å².